The Bertz CT molecular complexity index is 805. The summed E-state index contributed by atoms with van der Waals surface area (Å²) in [4.78, 5) is 16.0. The molecule has 5 heteroatoms. The summed E-state index contributed by atoms with van der Waals surface area (Å²) in [5.74, 6) is 0.320. The second kappa shape index (κ2) is 5.53. The van der Waals surface area contributed by atoms with Crippen LogP contribution in [0.4, 0.5) is 4.39 Å². The normalized spacial score (nSPS) is 28.2. The molecule has 1 aromatic carbocycles. The van der Waals surface area contributed by atoms with Gasteiger partial charge in [0.25, 0.3) is 5.91 Å². The van der Waals surface area contributed by atoms with Gasteiger partial charge in [-0.05, 0) is 70.1 Å². The lowest BCUT2D eigenvalue weighted by atomic mass is 9.72. The highest BCUT2D eigenvalue weighted by Gasteiger charge is 2.48. The monoisotopic (exact) mass is 346 g/mol. The zero-order valence-corrected chi connectivity index (χ0v) is 15.2. The number of rotatable bonds is 2. The van der Waals surface area contributed by atoms with E-state index in [4.69, 9.17) is 0 Å². The fourth-order valence-corrected chi connectivity index (χ4v) is 5.47. The van der Waals surface area contributed by atoms with Gasteiger partial charge in [-0.2, -0.15) is 0 Å². The van der Waals surface area contributed by atoms with Crippen molar-refractivity contribution in [3.05, 3.63) is 34.5 Å². The number of fused-ring (bicyclic) bond motifs is 4. The third-order valence-electron chi connectivity index (χ3n) is 5.97. The molecule has 3 nitrogen and oxygen atoms in total. The van der Waals surface area contributed by atoms with Crippen LogP contribution >= 0.6 is 11.3 Å². The summed E-state index contributed by atoms with van der Waals surface area (Å²) < 4.78 is 14.6. The van der Waals surface area contributed by atoms with Crippen LogP contribution < -0.4 is 5.32 Å². The van der Waals surface area contributed by atoms with Crippen molar-refractivity contribution in [3.63, 3.8) is 0 Å². The molecule has 1 amide bonds. The largest absolute Gasteiger partial charge is 0.346 e. The number of piperidine rings is 3. The van der Waals surface area contributed by atoms with E-state index >= 15 is 0 Å². The predicted octanol–water partition coefficient (Wildman–Crippen LogP) is 3.95. The molecule has 0 aliphatic carbocycles. The number of carbonyl (C=O) groups excluding carboxylic acids is 1. The van der Waals surface area contributed by atoms with E-state index in [0.717, 1.165) is 36.0 Å². The number of halogens is 1. The highest BCUT2D eigenvalue weighted by molar-refractivity contribution is 7.21. The highest BCUT2D eigenvalue weighted by Crippen LogP contribution is 2.39. The lowest BCUT2D eigenvalue weighted by Crippen LogP contribution is -2.69. The van der Waals surface area contributed by atoms with Gasteiger partial charge < -0.3 is 5.32 Å². The number of carbonyl (C=O) groups is 1. The lowest BCUT2D eigenvalue weighted by molar-refractivity contribution is -0.0377. The molecule has 1 atom stereocenters. The Kier molecular flexibility index (Phi) is 3.69. The van der Waals surface area contributed by atoms with Crippen molar-refractivity contribution in [1.82, 2.24) is 10.2 Å². The molecule has 5 rings (SSSR count). The minimum atomic E-state index is -0.213. The van der Waals surface area contributed by atoms with E-state index in [1.807, 2.05) is 6.07 Å². The molecule has 2 bridgehead atoms. The Morgan fingerprint density at radius 3 is 2.71 bits per heavy atom. The van der Waals surface area contributed by atoms with Gasteiger partial charge >= 0.3 is 0 Å². The number of thiophene rings is 1. The maximum atomic E-state index is 13.7. The summed E-state index contributed by atoms with van der Waals surface area (Å²) in [7, 11) is 0. The van der Waals surface area contributed by atoms with Gasteiger partial charge in [0.15, 0.2) is 0 Å². The molecule has 3 saturated heterocycles. The van der Waals surface area contributed by atoms with E-state index in [-0.39, 0.29) is 23.3 Å². The van der Waals surface area contributed by atoms with Crippen LogP contribution in [-0.4, -0.2) is 35.5 Å². The van der Waals surface area contributed by atoms with E-state index in [2.05, 4.69) is 24.1 Å². The molecule has 0 spiro atoms. The minimum absolute atomic E-state index is 0.00443. The van der Waals surface area contributed by atoms with E-state index < -0.39 is 0 Å². The summed E-state index contributed by atoms with van der Waals surface area (Å²) in [6, 6.07) is 5.29. The van der Waals surface area contributed by atoms with Crippen LogP contribution in [0.3, 0.4) is 0 Å². The van der Waals surface area contributed by atoms with E-state index in [1.54, 1.807) is 13.0 Å². The lowest BCUT2D eigenvalue weighted by Gasteiger charge is -2.56. The molecule has 0 saturated carbocycles. The maximum Gasteiger partial charge on any atom is 0.261 e. The van der Waals surface area contributed by atoms with Crippen LogP contribution in [0.2, 0.25) is 0 Å². The second-order valence-electron chi connectivity index (χ2n) is 7.63. The van der Waals surface area contributed by atoms with Crippen LogP contribution in [0.25, 0.3) is 10.1 Å². The quantitative estimate of drug-likeness (QED) is 0.893. The SMILES string of the molecule is Cc1c(F)ccc2cc(C(=O)N[C@@H]3C4CCN(CC4)C3(C)C)sc12. The van der Waals surface area contributed by atoms with Crippen LogP contribution in [0.15, 0.2) is 18.2 Å². The summed E-state index contributed by atoms with van der Waals surface area (Å²) in [6.45, 7) is 8.49. The first-order valence-electron chi connectivity index (χ1n) is 8.62. The smallest absolute Gasteiger partial charge is 0.261 e. The Hall–Kier alpha value is -1.46. The first-order chi connectivity index (χ1) is 11.4. The number of nitrogens with zero attached hydrogens (tertiary/aromatic N) is 1. The van der Waals surface area contributed by atoms with E-state index in [0.29, 0.717) is 16.4 Å². The Morgan fingerprint density at radius 2 is 2.04 bits per heavy atom. The third kappa shape index (κ3) is 2.37. The van der Waals surface area contributed by atoms with Gasteiger partial charge in [-0.3, -0.25) is 9.69 Å². The number of aryl methyl sites for hydroxylation is 1. The number of amides is 1. The molecule has 4 heterocycles. The van der Waals surface area contributed by atoms with Crippen molar-refractivity contribution in [1.29, 1.82) is 0 Å². The molecule has 3 fully saturated rings. The molecule has 3 aliphatic rings. The fraction of sp³-hybridized carbons (Fsp3) is 0.526. The maximum absolute atomic E-state index is 13.7. The zero-order chi connectivity index (χ0) is 17.1. The van der Waals surface area contributed by atoms with Gasteiger partial charge in [-0.1, -0.05) is 6.07 Å². The van der Waals surface area contributed by atoms with Crippen LogP contribution in [0, 0.1) is 18.7 Å². The van der Waals surface area contributed by atoms with Gasteiger partial charge in [0.1, 0.15) is 5.82 Å². The number of hydrogen-bond donors (Lipinski definition) is 1. The summed E-state index contributed by atoms with van der Waals surface area (Å²) in [5.41, 5.74) is 0.620. The highest BCUT2D eigenvalue weighted by atomic mass is 32.1. The van der Waals surface area contributed by atoms with Crippen molar-refractivity contribution in [2.24, 2.45) is 5.92 Å². The molecule has 1 aromatic heterocycles. The molecule has 128 valence electrons. The van der Waals surface area contributed by atoms with Gasteiger partial charge in [-0.15, -0.1) is 11.3 Å². The summed E-state index contributed by atoms with van der Waals surface area (Å²) >= 11 is 1.39. The first kappa shape index (κ1) is 16.0. The second-order valence-corrected chi connectivity index (χ2v) is 8.68. The van der Waals surface area contributed by atoms with Gasteiger partial charge in [0, 0.05) is 21.8 Å². The van der Waals surface area contributed by atoms with Crippen molar-refractivity contribution in [2.45, 2.75) is 45.2 Å². The number of nitrogens with one attached hydrogen (secondary N) is 1. The molecular formula is C19H23FN2OS. The fourth-order valence-electron chi connectivity index (χ4n) is 4.42. The number of benzene rings is 1. The van der Waals surface area contributed by atoms with Crippen LogP contribution in [-0.2, 0) is 0 Å². The molecule has 2 aromatic rings. The van der Waals surface area contributed by atoms with Gasteiger partial charge in [-0.25, -0.2) is 4.39 Å². The average Bonchev–Trinajstić information content (AvgIpc) is 3.00. The van der Waals surface area contributed by atoms with Crippen molar-refractivity contribution in [3.8, 4) is 0 Å². The van der Waals surface area contributed by atoms with Gasteiger partial charge in [0.05, 0.1) is 4.88 Å². The average molecular weight is 346 g/mol. The van der Waals surface area contributed by atoms with Crippen molar-refractivity contribution >= 4 is 27.3 Å². The third-order valence-corrected chi connectivity index (χ3v) is 7.24. The van der Waals surface area contributed by atoms with Crippen molar-refractivity contribution in [2.75, 3.05) is 13.1 Å². The molecule has 0 radical (unpaired) electrons. The Labute approximate surface area is 145 Å². The molecule has 1 N–H and O–H groups in total. The van der Waals surface area contributed by atoms with E-state index in [9.17, 15) is 9.18 Å². The Morgan fingerprint density at radius 1 is 1.33 bits per heavy atom. The predicted molar refractivity (Wildman–Crippen MR) is 96.2 cm³/mol. The van der Waals surface area contributed by atoms with Crippen molar-refractivity contribution < 1.29 is 9.18 Å². The van der Waals surface area contributed by atoms with Gasteiger partial charge in [0.2, 0.25) is 0 Å². The first-order valence-corrected chi connectivity index (χ1v) is 9.44. The standard InChI is InChI=1S/C19H23FN2OS/c1-11-14(20)5-4-13-10-15(24-16(11)13)18(23)21-17-12-6-8-22(9-7-12)19(17,2)3/h4-5,10,12,17H,6-9H2,1-3H3,(H,21,23)/t17-/m1/s1. The molecule has 24 heavy (non-hydrogen) atoms. The topological polar surface area (TPSA) is 32.3 Å². The molecule has 0 unspecified atom stereocenters. The molecular weight excluding hydrogens is 323 g/mol. The Balaban J connectivity index is 1.61. The minimum Gasteiger partial charge on any atom is -0.346 e. The summed E-state index contributed by atoms with van der Waals surface area (Å²) in [6.07, 6.45) is 2.32. The zero-order valence-electron chi connectivity index (χ0n) is 14.4. The molecule has 3 aliphatic heterocycles. The summed E-state index contributed by atoms with van der Waals surface area (Å²) in [5, 5.41) is 4.23. The number of hydrogen-bond acceptors (Lipinski definition) is 3. The van der Waals surface area contributed by atoms with Crippen LogP contribution in [0.1, 0.15) is 41.9 Å². The van der Waals surface area contributed by atoms with Crippen LogP contribution in [0.5, 0.6) is 0 Å². The van der Waals surface area contributed by atoms with E-state index in [1.165, 1.54) is 17.4 Å².